The number of carbonyl (C=O) groups excluding carboxylic acids is 3. The van der Waals surface area contributed by atoms with Gasteiger partial charge in [0.15, 0.2) is 0 Å². The van der Waals surface area contributed by atoms with Crippen molar-refractivity contribution in [3.63, 3.8) is 0 Å². The van der Waals surface area contributed by atoms with Crippen LogP contribution >= 0.6 is 15.9 Å². The van der Waals surface area contributed by atoms with Gasteiger partial charge in [-0.3, -0.25) is 14.5 Å². The molecule has 1 aliphatic heterocycles. The number of nitrogens with one attached hydrogen (secondary N) is 2. The summed E-state index contributed by atoms with van der Waals surface area (Å²) < 4.78 is 14.4. The van der Waals surface area contributed by atoms with Crippen molar-refractivity contribution in [3.8, 4) is 0 Å². The normalized spacial score (nSPS) is 25.2. The monoisotopic (exact) mass is 453 g/mol. The first-order valence-corrected chi connectivity index (χ1v) is 10.2. The first-order chi connectivity index (χ1) is 13.0. The summed E-state index contributed by atoms with van der Waals surface area (Å²) in [6.07, 6.45) is 2.83. The average Bonchev–Trinajstić information content (AvgIpc) is 2.81. The molecule has 4 amide bonds. The fourth-order valence-electron chi connectivity index (χ4n) is 4.06. The molecule has 1 aliphatic carbocycles. The van der Waals surface area contributed by atoms with Crippen LogP contribution in [0, 0.1) is 17.2 Å². The summed E-state index contributed by atoms with van der Waals surface area (Å²) in [5.74, 6) is -1.10. The maximum Gasteiger partial charge on any atom is 0.325 e. The van der Waals surface area contributed by atoms with E-state index in [0.717, 1.165) is 17.7 Å². The van der Waals surface area contributed by atoms with Gasteiger partial charge in [-0.1, -0.05) is 36.7 Å². The number of rotatable bonds is 3. The number of amides is 4. The van der Waals surface area contributed by atoms with Crippen LogP contribution in [0.25, 0.3) is 0 Å². The Labute approximate surface area is 172 Å². The second kappa shape index (κ2) is 7.46. The smallest absolute Gasteiger partial charge is 0.323 e. The van der Waals surface area contributed by atoms with Gasteiger partial charge in [-0.2, -0.15) is 0 Å². The third-order valence-corrected chi connectivity index (χ3v) is 6.31. The van der Waals surface area contributed by atoms with Crippen LogP contribution in [0.2, 0.25) is 0 Å². The van der Waals surface area contributed by atoms with Gasteiger partial charge in [0, 0.05) is 4.47 Å². The van der Waals surface area contributed by atoms with E-state index in [1.165, 1.54) is 12.1 Å². The maximum absolute atomic E-state index is 13.9. The van der Waals surface area contributed by atoms with Crippen LogP contribution in [0.1, 0.15) is 46.5 Å². The highest BCUT2D eigenvalue weighted by molar-refractivity contribution is 9.10. The first kappa shape index (κ1) is 20.8. The topological polar surface area (TPSA) is 78.5 Å². The second-order valence-electron chi connectivity index (χ2n) is 8.72. The Kier molecular flexibility index (Phi) is 5.53. The lowest BCUT2D eigenvalue weighted by Gasteiger charge is -2.40. The molecule has 0 radical (unpaired) electrons. The molecule has 3 rings (SSSR count). The standard InChI is InChI=1S/C20H25BrFN3O3/c1-19(2,3)12-6-8-20(9-7-12)17(27)25(18(28)24-20)11-16(26)23-15-5-4-13(21)10-14(15)22/h4-5,10,12H,6-9,11H2,1-3H3,(H,23,26)(H,24,28). The Morgan fingerprint density at radius 2 is 1.96 bits per heavy atom. The van der Waals surface area contributed by atoms with Crippen LogP contribution in [0.4, 0.5) is 14.9 Å². The summed E-state index contributed by atoms with van der Waals surface area (Å²) in [7, 11) is 0. The SMILES string of the molecule is CC(C)(C)C1CCC2(CC1)NC(=O)N(CC(=O)Nc1ccc(Br)cc1F)C2=O. The molecular weight excluding hydrogens is 429 g/mol. The number of hydrogen-bond donors (Lipinski definition) is 2. The molecule has 2 N–H and O–H groups in total. The fraction of sp³-hybridized carbons (Fsp3) is 0.550. The fourth-order valence-corrected chi connectivity index (χ4v) is 4.39. The molecule has 8 heteroatoms. The first-order valence-electron chi connectivity index (χ1n) is 9.41. The Hall–Kier alpha value is -1.96. The van der Waals surface area contributed by atoms with Crippen molar-refractivity contribution in [3.05, 3.63) is 28.5 Å². The van der Waals surface area contributed by atoms with Crippen molar-refractivity contribution in [1.29, 1.82) is 0 Å². The minimum absolute atomic E-state index is 0.000604. The lowest BCUT2D eigenvalue weighted by atomic mass is 9.67. The molecule has 1 heterocycles. The van der Waals surface area contributed by atoms with Crippen LogP contribution in [-0.2, 0) is 9.59 Å². The van der Waals surface area contributed by atoms with Gasteiger partial charge in [0.2, 0.25) is 5.91 Å². The predicted molar refractivity (Wildman–Crippen MR) is 107 cm³/mol. The molecule has 0 bridgehead atoms. The molecule has 2 aliphatic rings. The van der Waals surface area contributed by atoms with E-state index in [2.05, 4.69) is 47.3 Å². The summed E-state index contributed by atoms with van der Waals surface area (Å²) in [5, 5.41) is 5.22. The van der Waals surface area contributed by atoms with Crippen LogP contribution in [-0.4, -0.2) is 34.8 Å². The third-order valence-electron chi connectivity index (χ3n) is 5.82. The molecule has 1 saturated heterocycles. The van der Waals surface area contributed by atoms with E-state index in [4.69, 9.17) is 0 Å². The Morgan fingerprint density at radius 1 is 1.32 bits per heavy atom. The zero-order valence-corrected chi connectivity index (χ0v) is 17.9. The summed E-state index contributed by atoms with van der Waals surface area (Å²) in [5.41, 5.74) is -0.760. The molecule has 0 atom stereocenters. The van der Waals surface area contributed by atoms with Gasteiger partial charge >= 0.3 is 6.03 Å². The highest BCUT2D eigenvalue weighted by Gasteiger charge is 2.53. The zero-order valence-electron chi connectivity index (χ0n) is 16.3. The van der Waals surface area contributed by atoms with Gasteiger partial charge in [0.1, 0.15) is 17.9 Å². The minimum Gasteiger partial charge on any atom is -0.323 e. The van der Waals surface area contributed by atoms with E-state index < -0.39 is 29.8 Å². The molecule has 6 nitrogen and oxygen atoms in total. The Bertz CT molecular complexity index is 813. The van der Waals surface area contributed by atoms with Gasteiger partial charge < -0.3 is 10.6 Å². The van der Waals surface area contributed by atoms with Crippen molar-refractivity contribution >= 4 is 39.5 Å². The number of benzene rings is 1. The summed E-state index contributed by atoms with van der Waals surface area (Å²) in [6, 6.07) is 3.67. The van der Waals surface area contributed by atoms with E-state index in [1.54, 1.807) is 6.07 Å². The maximum atomic E-state index is 13.9. The summed E-state index contributed by atoms with van der Waals surface area (Å²) in [4.78, 5) is 38.5. The average molecular weight is 454 g/mol. The van der Waals surface area contributed by atoms with Crippen molar-refractivity contribution in [2.45, 2.75) is 52.0 Å². The molecule has 1 spiro atoms. The third kappa shape index (κ3) is 4.06. The van der Waals surface area contributed by atoms with Gasteiger partial charge in [0.25, 0.3) is 5.91 Å². The quantitative estimate of drug-likeness (QED) is 0.677. The van der Waals surface area contributed by atoms with Crippen molar-refractivity contribution in [2.24, 2.45) is 11.3 Å². The van der Waals surface area contributed by atoms with E-state index >= 15 is 0 Å². The molecular formula is C20H25BrFN3O3. The molecule has 0 unspecified atom stereocenters. The number of nitrogens with zero attached hydrogens (tertiary/aromatic N) is 1. The van der Waals surface area contributed by atoms with Gasteiger partial charge in [-0.05, 0) is 55.2 Å². The summed E-state index contributed by atoms with van der Waals surface area (Å²) in [6.45, 7) is 6.11. The van der Waals surface area contributed by atoms with Crippen LogP contribution in [0.15, 0.2) is 22.7 Å². The number of urea groups is 1. The van der Waals surface area contributed by atoms with E-state index in [9.17, 15) is 18.8 Å². The van der Waals surface area contributed by atoms with Crippen LogP contribution in [0.3, 0.4) is 0 Å². The molecule has 1 aromatic rings. The largest absolute Gasteiger partial charge is 0.325 e. The lowest BCUT2D eigenvalue weighted by molar-refractivity contribution is -0.135. The molecule has 2 fully saturated rings. The predicted octanol–water partition coefficient (Wildman–Crippen LogP) is 4.05. The Morgan fingerprint density at radius 3 is 2.54 bits per heavy atom. The zero-order chi connectivity index (χ0) is 20.7. The highest BCUT2D eigenvalue weighted by Crippen LogP contribution is 2.43. The molecule has 0 aromatic heterocycles. The van der Waals surface area contributed by atoms with E-state index in [0.29, 0.717) is 23.2 Å². The number of halogens is 2. The highest BCUT2D eigenvalue weighted by atomic mass is 79.9. The molecule has 152 valence electrons. The number of anilines is 1. The van der Waals surface area contributed by atoms with Crippen molar-refractivity contribution < 1.29 is 18.8 Å². The summed E-state index contributed by atoms with van der Waals surface area (Å²) >= 11 is 3.15. The number of hydrogen-bond acceptors (Lipinski definition) is 3. The van der Waals surface area contributed by atoms with Gasteiger partial charge in [-0.25, -0.2) is 9.18 Å². The second-order valence-corrected chi connectivity index (χ2v) is 9.63. The van der Waals surface area contributed by atoms with Gasteiger partial charge in [-0.15, -0.1) is 0 Å². The minimum atomic E-state index is -0.915. The number of imide groups is 1. The van der Waals surface area contributed by atoms with Crippen LogP contribution in [0.5, 0.6) is 0 Å². The number of carbonyl (C=O) groups is 3. The molecule has 1 aromatic carbocycles. The molecule has 28 heavy (non-hydrogen) atoms. The van der Waals surface area contributed by atoms with Crippen molar-refractivity contribution in [2.75, 3.05) is 11.9 Å². The van der Waals surface area contributed by atoms with Crippen LogP contribution < -0.4 is 10.6 Å². The van der Waals surface area contributed by atoms with Crippen molar-refractivity contribution in [1.82, 2.24) is 10.2 Å². The lowest BCUT2D eigenvalue weighted by Crippen LogP contribution is -2.51. The molecule has 1 saturated carbocycles. The van der Waals surface area contributed by atoms with E-state index in [-0.39, 0.29) is 17.0 Å². The Balaban J connectivity index is 1.65. The van der Waals surface area contributed by atoms with E-state index in [1.807, 2.05) is 0 Å². The van der Waals surface area contributed by atoms with Gasteiger partial charge in [0.05, 0.1) is 5.69 Å².